The molecule has 2 N–H and O–H groups in total. The van der Waals surface area contributed by atoms with Crippen LogP contribution in [0.15, 0.2) is 54.6 Å². The van der Waals surface area contributed by atoms with Gasteiger partial charge in [0.2, 0.25) is 5.91 Å². The monoisotopic (exact) mass is 310 g/mol. The summed E-state index contributed by atoms with van der Waals surface area (Å²) in [4.78, 5) is 24.1. The zero-order valence-electron chi connectivity index (χ0n) is 13.5. The minimum atomic E-state index is -0.167. The van der Waals surface area contributed by atoms with Crippen LogP contribution in [0, 0.1) is 0 Å². The molecular formula is C19H22N2O2. The standard InChI is InChI=1S/C19H22N2O2/c1-3-7-17(14-8-5-4-6-9-14)19(23)21-16-12-10-15(11-13-16)18(22)20-2/h4-6,8-13,17H,3,7H2,1-2H3,(H,20,22)(H,21,23)/t17-/m0/s1. The number of anilines is 1. The second-order valence-electron chi connectivity index (χ2n) is 5.40. The van der Waals surface area contributed by atoms with Crippen LogP contribution in [0.1, 0.15) is 41.6 Å². The number of amides is 2. The summed E-state index contributed by atoms with van der Waals surface area (Å²) in [5.74, 6) is -0.332. The van der Waals surface area contributed by atoms with E-state index in [-0.39, 0.29) is 17.7 Å². The highest BCUT2D eigenvalue weighted by atomic mass is 16.2. The van der Waals surface area contributed by atoms with Gasteiger partial charge in [0.15, 0.2) is 0 Å². The number of carbonyl (C=O) groups excluding carboxylic acids is 2. The molecule has 0 bridgehead atoms. The van der Waals surface area contributed by atoms with Crippen LogP contribution in [-0.4, -0.2) is 18.9 Å². The number of hydrogen-bond donors (Lipinski definition) is 2. The van der Waals surface area contributed by atoms with E-state index < -0.39 is 0 Å². The number of benzene rings is 2. The van der Waals surface area contributed by atoms with Gasteiger partial charge in [-0.3, -0.25) is 9.59 Å². The highest BCUT2D eigenvalue weighted by Gasteiger charge is 2.19. The third-order valence-electron chi connectivity index (χ3n) is 3.74. The largest absolute Gasteiger partial charge is 0.355 e. The molecule has 1 atom stereocenters. The van der Waals surface area contributed by atoms with Crippen LogP contribution in [0.25, 0.3) is 0 Å². The van der Waals surface area contributed by atoms with Crippen molar-refractivity contribution in [3.8, 4) is 0 Å². The van der Waals surface area contributed by atoms with Gasteiger partial charge in [-0.15, -0.1) is 0 Å². The average molecular weight is 310 g/mol. The predicted octanol–water partition coefficient (Wildman–Crippen LogP) is 3.57. The van der Waals surface area contributed by atoms with Gasteiger partial charge in [-0.05, 0) is 36.2 Å². The Morgan fingerprint density at radius 3 is 2.22 bits per heavy atom. The summed E-state index contributed by atoms with van der Waals surface area (Å²) in [6, 6.07) is 16.7. The fourth-order valence-electron chi connectivity index (χ4n) is 2.50. The lowest BCUT2D eigenvalue weighted by molar-refractivity contribution is -0.117. The van der Waals surface area contributed by atoms with Crippen LogP contribution in [0.5, 0.6) is 0 Å². The molecule has 2 amide bonds. The Kier molecular flexibility index (Phi) is 5.92. The Morgan fingerprint density at radius 1 is 1.00 bits per heavy atom. The van der Waals surface area contributed by atoms with E-state index in [1.165, 1.54) is 0 Å². The Balaban J connectivity index is 2.11. The van der Waals surface area contributed by atoms with Gasteiger partial charge in [-0.25, -0.2) is 0 Å². The summed E-state index contributed by atoms with van der Waals surface area (Å²) in [6.45, 7) is 2.07. The average Bonchev–Trinajstić information content (AvgIpc) is 2.60. The second kappa shape index (κ2) is 8.13. The molecule has 2 aromatic carbocycles. The summed E-state index contributed by atoms with van der Waals surface area (Å²) < 4.78 is 0. The van der Waals surface area contributed by atoms with Gasteiger partial charge in [0.05, 0.1) is 5.92 Å². The smallest absolute Gasteiger partial charge is 0.251 e. The molecule has 2 rings (SSSR count). The van der Waals surface area contributed by atoms with Gasteiger partial charge in [-0.1, -0.05) is 43.7 Å². The fourth-order valence-corrected chi connectivity index (χ4v) is 2.50. The van der Waals surface area contributed by atoms with Gasteiger partial charge in [0.25, 0.3) is 5.91 Å². The van der Waals surface area contributed by atoms with E-state index in [9.17, 15) is 9.59 Å². The molecule has 0 unspecified atom stereocenters. The number of carbonyl (C=O) groups is 2. The minimum absolute atomic E-state index is 0.0225. The zero-order chi connectivity index (χ0) is 16.7. The van der Waals surface area contributed by atoms with Crippen LogP contribution >= 0.6 is 0 Å². The zero-order valence-corrected chi connectivity index (χ0v) is 13.5. The third kappa shape index (κ3) is 4.42. The predicted molar refractivity (Wildman–Crippen MR) is 92.6 cm³/mol. The summed E-state index contributed by atoms with van der Waals surface area (Å²) >= 11 is 0. The maximum atomic E-state index is 12.6. The van der Waals surface area contributed by atoms with Gasteiger partial charge in [0, 0.05) is 18.3 Å². The molecule has 120 valence electrons. The van der Waals surface area contributed by atoms with Gasteiger partial charge in [0.1, 0.15) is 0 Å². The van der Waals surface area contributed by atoms with Crippen molar-refractivity contribution in [1.29, 1.82) is 0 Å². The lowest BCUT2D eigenvalue weighted by Crippen LogP contribution is -2.21. The van der Waals surface area contributed by atoms with E-state index in [0.29, 0.717) is 11.3 Å². The Morgan fingerprint density at radius 2 is 1.65 bits per heavy atom. The molecule has 2 aromatic rings. The molecule has 0 saturated carbocycles. The van der Waals surface area contributed by atoms with Crippen LogP contribution in [0.4, 0.5) is 5.69 Å². The van der Waals surface area contributed by atoms with Gasteiger partial charge >= 0.3 is 0 Å². The normalized spacial score (nSPS) is 11.6. The minimum Gasteiger partial charge on any atom is -0.355 e. The first-order valence-corrected chi connectivity index (χ1v) is 7.83. The summed E-state index contributed by atoms with van der Waals surface area (Å²) in [5, 5.41) is 5.51. The molecule has 0 fully saturated rings. The molecule has 4 nitrogen and oxygen atoms in total. The van der Waals surface area contributed by atoms with Crippen LogP contribution < -0.4 is 10.6 Å². The first-order valence-electron chi connectivity index (χ1n) is 7.83. The lowest BCUT2D eigenvalue weighted by atomic mass is 9.93. The first-order chi connectivity index (χ1) is 11.2. The van der Waals surface area contributed by atoms with Crippen LogP contribution in [-0.2, 0) is 4.79 Å². The van der Waals surface area contributed by atoms with Gasteiger partial charge < -0.3 is 10.6 Å². The van der Waals surface area contributed by atoms with E-state index in [2.05, 4.69) is 17.6 Å². The molecule has 0 aliphatic rings. The Hall–Kier alpha value is -2.62. The number of hydrogen-bond acceptors (Lipinski definition) is 2. The first kappa shape index (κ1) is 16.7. The van der Waals surface area contributed by atoms with Crippen molar-refractivity contribution in [2.75, 3.05) is 12.4 Å². The van der Waals surface area contributed by atoms with Crippen molar-refractivity contribution >= 4 is 17.5 Å². The summed E-state index contributed by atoms with van der Waals surface area (Å²) in [7, 11) is 1.59. The highest BCUT2D eigenvalue weighted by Crippen LogP contribution is 2.23. The topological polar surface area (TPSA) is 58.2 Å². The molecule has 4 heteroatoms. The van der Waals surface area contributed by atoms with Crippen molar-refractivity contribution in [2.24, 2.45) is 0 Å². The second-order valence-corrected chi connectivity index (χ2v) is 5.40. The summed E-state index contributed by atoms with van der Waals surface area (Å²) in [5.41, 5.74) is 2.28. The van der Waals surface area contributed by atoms with Crippen molar-refractivity contribution in [3.05, 3.63) is 65.7 Å². The van der Waals surface area contributed by atoms with Crippen molar-refractivity contribution in [1.82, 2.24) is 5.32 Å². The Labute approximate surface area is 136 Å². The van der Waals surface area contributed by atoms with E-state index >= 15 is 0 Å². The van der Waals surface area contributed by atoms with E-state index in [1.807, 2.05) is 30.3 Å². The Bertz CT molecular complexity index is 651. The molecule has 0 spiro atoms. The third-order valence-corrected chi connectivity index (χ3v) is 3.74. The maximum Gasteiger partial charge on any atom is 0.251 e. The molecule has 23 heavy (non-hydrogen) atoms. The lowest BCUT2D eigenvalue weighted by Gasteiger charge is -2.16. The van der Waals surface area contributed by atoms with Crippen LogP contribution in [0.2, 0.25) is 0 Å². The van der Waals surface area contributed by atoms with Crippen molar-refractivity contribution in [2.45, 2.75) is 25.7 Å². The fraction of sp³-hybridized carbons (Fsp3) is 0.263. The molecule has 0 heterocycles. The quantitative estimate of drug-likeness (QED) is 0.857. The van der Waals surface area contributed by atoms with Gasteiger partial charge in [-0.2, -0.15) is 0 Å². The molecule has 0 saturated heterocycles. The number of rotatable bonds is 6. The SMILES string of the molecule is CCC[C@H](C(=O)Nc1ccc(C(=O)NC)cc1)c1ccccc1. The molecule has 0 aliphatic heterocycles. The highest BCUT2D eigenvalue weighted by molar-refractivity contribution is 5.97. The van der Waals surface area contributed by atoms with Crippen molar-refractivity contribution < 1.29 is 9.59 Å². The number of nitrogens with one attached hydrogen (secondary N) is 2. The van der Waals surface area contributed by atoms with Crippen molar-refractivity contribution in [3.63, 3.8) is 0 Å². The maximum absolute atomic E-state index is 12.6. The summed E-state index contributed by atoms with van der Waals surface area (Å²) in [6.07, 6.45) is 1.73. The molecule has 0 aromatic heterocycles. The molecule has 0 radical (unpaired) electrons. The van der Waals surface area contributed by atoms with E-state index in [4.69, 9.17) is 0 Å². The molecular weight excluding hydrogens is 288 g/mol. The van der Waals surface area contributed by atoms with Crippen LogP contribution in [0.3, 0.4) is 0 Å². The van der Waals surface area contributed by atoms with E-state index in [0.717, 1.165) is 18.4 Å². The van der Waals surface area contributed by atoms with E-state index in [1.54, 1.807) is 31.3 Å². The molecule has 0 aliphatic carbocycles.